The van der Waals surface area contributed by atoms with Gasteiger partial charge in [-0.2, -0.15) is 0 Å². The summed E-state index contributed by atoms with van der Waals surface area (Å²) in [4.78, 5) is 4.08. The summed E-state index contributed by atoms with van der Waals surface area (Å²) in [6.07, 6.45) is 4.06. The molecule has 0 amide bonds. The van der Waals surface area contributed by atoms with Gasteiger partial charge >= 0.3 is 0 Å². The van der Waals surface area contributed by atoms with Gasteiger partial charge in [0.25, 0.3) is 0 Å². The number of hydrogen-bond donors (Lipinski definition) is 2. The lowest BCUT2D eigenvalue weighted by Gasteiger charge is -2.33. The molecule has 0 spiro atoms. The van der Waals surface area contributed by atoms with Crippen molar-refractivity contribution in [3.63, 3.8) is 0 Å². The van der Waals surface area contributed by atoms with Gasteiger partial charge in [0.15, 0.2) is 0 Å². The Bertz CT molecular complexity index is 418. The van der Waals surface area contributed by atoms with Crippen LogP contribution in [0.2, 0.25) is 0 Å². The first-order valence-electron chi connectivity index (χ1n) is 6.38. The Hall–Kier alpha value is -1.27. The van der Waals surface area contributed by atoms with E-state index in [1.807, 2.05) is 6.07 Å². The minimum atomic E-state index is -2.53. The Morgan fingerprint density at radius 1 is 1.42 bits per heavy atom. The molecule has 1 aliphatic rings. The Morgan fingerprint density at radius 3 is 2.68 bits per heavy atom. The van der Waals surface area contributed by atoms with Crippen molar-refractivity contribution < 1.29 is 13.5 Å². The number of hydrogen-bond acceptors (Lipinski definition) is 4. The van der Waals surface area contributed by atoms with Crippen molar-refractivity contribution in [2.75, 3.05) is 7.11 Å². The van der Waals surface area contributed by atoms with Crippen molar-refractivity contribution in [2.24, 2.45) is 11.8 Å². The van der Waals surface area contributed by atoms with Crippen LogP contribution in [0.4, 0.5) is 8.78 Å². The molecule has 6 heteroatoms. The normalized spacial score (nSPS) is 21.1. The molecule has 4 nitrogen and oxygen atoms in total. The van der Waals surface area contributed by atoms with Gasteiger partial charge in [-0.15, -0.1) is 0 Å². The highest BCUT2D eigenvalue weighted by molar-refractivity contribution is 5.26. The van der Waals surface area contributed by atoms with E-state index in [1.165, 1.54) is 0 Å². The number of alkyl halides is 2. The maximum absolute atomic E-state index is 13.2. The second-order valence-electron chi connectivity index (χ2n) is 5.00. The van der Waals surface area contributed by atoms with E-state index in [4.69, 9.17) is 10.6 Å². The van der Waals surface area contributed by atoms with Gasteiger partial charge in [-0.3, -0.25) is 16.3 Å². The summed E-state index contributed by atoms with van der Waals surface area (Å²) in [6.45, 7) is 0. The molecule has 106 valence electrons. The average Bonchev–Trinajstić information content (AvgIpc) is 2.41. The molecule has 1 atom stereocenters. The summed E-state index contributed by atoms with van der Waals surface area (Å²) >= 11 is 0. The molecule has 19 heavy (non-hydrogen) atoms. The highest BCUT2D eigenvalue weighted by Crippen LogP contribution is 2.41. The molecule has 1 heterocycles. The number of pyridine rings is 1. The van der Waals surface area contributed by atoms with Crippen LogP contribution in [-0.4, -0.2) is 18.0 Å². The van der Waals surface area contributed by atoms with Crippen molar-refractivity contribution in [1.29, 1.82) is 0 Å². The fourth-order valence-corrected chi connectivity index (χ4v) is 2.62. The Kier molecular flexibility index (Phi) is 4.31. The largest absolute Gasteiger partial charge is 0.495 e. The number of methoxy groups -OCH3 is 1. The molecule has 0 bridgehead atoms. The number of rotatable bonds is 4. The van der Waals surface area contributed by atoms with E-state index in [2.05, 4.69) is 10.4 Å². The second kappa shape index (κ2) is 5.79. The van der Waals surface area contributed by atoms with Crippen molar-refractivity contribution in [3.05, 3.63) is 24.0 Å². The number of nitrogens with zero attached hydrogens (tertiary/aromatic N) is 1. The third-order valence-corrected chi connectivity index (χ3v) is 3.74. The molecule has 1 fully saturated rings. The number of hydrazine groups is 1. The van der Waals surface area contributed by atoms with Crippen LogP contribution in [0, 0.1) is 5.92 Å². The quantitative estimate of drug-likeness (QED) is 0.652. The molecule has 1 unspecified atom stereocenters. The first-order valence-corrected chi connectivity index (χ1v) is 6.38. The minimum Gasteiger partial charge on any atom is -0.495 e. The van der Waals surface area contributed by atoms with Crippen LogP contribution < -0.4 is 16.0 Å². The van der Waals surface area contributed by atoms with Gasteiger partial charge in [0, 0.05) is 19.0 Å². The zero-order chi connectivity index (χ0) is 13.9. The summed E-state index contributed by atoms with van der Waals surface area (Å²) < 4.78 is 31.5. The van der Waals surface area contributed by atoms with Crippen molar-refractivity contribution >= 4 is 0 Å². The molecule has 1 aromatic heterocycles. The summed E-state index contributed by atoms with van der Waals surface area (Å²) in [6, 6.07) is 1.67. The van der Waals surface area contributed by atoms with Crippen molar-refractivity contribution in [2.45, 2.75) is 37.6 Å². The highest BCUT2D eigenvalue weighted by Gasteiger charge is 2.37. The minimum absolute atomic E-state index is 0.0761. The number of ether oxygens (including phenoxy) is 1. The summed E-state index contributed by atoms with van der Waals surface area (Å²) in [5.41, 5.74) is 3.60. The molecular weight excluding hydrogens is 252 g/mol. The topological polar surface area (TPSA) is 60.2 Å². The van der Waals surface area contributed by atoms with Crippen LogP contribution in [0.25, 0.3) is 0 Å². The third kappa shape index (κ3) is 3.39. The van der Waals surface area contributed by atoms with Gasteiger partial charge in [0.2, 0.25) is 5.92 Å². The number of nitrogens with one attached hydrogen (secondary N) is 1. The number of halogens is 2. The molecule has 0 aliphatic heterocycles. The van der Waals surface area contributed by atoms with Crippen LogP contribution in [-0.2, 0) is 0 Å². The van der Waals surface area contributed by atoms with Gasteiger partial charge in [-0.05, 0) is 30.4 Å². The van der Waals surface area contributed by atoms with E-state index >= 15 is 0 Å². The summed E-state index contributed by atoms with van der Waals surface area (Å²) in [7, 11) is 1.56. The molecule has 2 rings (SSSR count). The van der Waals surface area contributed by atoms with Gasteiger partial charge in [-0.1, -0.05) is 0 Å². The van der Waals surface area contributed by atoms with E-state index in [9.17, 15) is 8.78 Å². The first kappa shape index (κ1) is 14.1. The van der Waals surface area contributed by atoms with E-state index in [-0.39, 0.29) is 24.8 Å². The van der Waals surface area contributed by atoms with E-state index < -0.39 is 5.92 Å². The Labute approximate surface area is 111 Å². The number of nitrogens with two attached hydrogens (primary N) is 1. The van der Waals surface area contributed by atoms with Crippen LogP contribution in [0.3, 0.4) is 0 Å². The van der Waals surface area contributed by atoms with E-state index in [1.54, 1.807) is 19.5 Å². The zero-order valence-corrected chi connectivity index (χ0v) is 10.9. The Morgan fingerprint density at radius 2 is 2.11 bits per heavy atom. The highest BCUT2D eigenvalue weighted by atomic mass is 19.3. The van der Waals surface area contributed by atoms with Gasteiger partial charge in [0.05, 0.1) is 19.3 Å². The lowest BCUT2D eigenvalue weighted by atomic mass is 9.80. The van der Waals surface area contributed by atoms with Crippen LogP contribution in [0.15, 0.2) is 18.5 Å². The van der Waals surface area contributed by atoms with Crippen molar-refractivity contribution in [1.82, 2.24) is 10.4 Å². The summed E-state index contributed by atoms with van der Waals surface area (Å²) in [5, 5.41) is 0. The monoisotopic (exact) mass is 271 g/mol. The van der Waals surface area contributed by atoms with E-state index in [0.717, 1.165) is 5.56 Å². The molecular formula is C13H19F2N3O. The maximum atomic E-state index is 13.2. The smallest absolute Gasteiger partial charge is 0.248 e. The van der Waals surface area contributed by atoms with Crippen LogP contribution in [0.1, 0.15) is 37.3 Å². The van der Waals surface area contributed by atoms with Gasteiger partial charge in [0.1, 0.15) is 5.75 Å². The van der Waals surface area contributed by atoms with E-state index in [0.29, 0.717) is 18.6 Å². The zero-order valence-electron chi connectivity index (χ0n) is 10.9. The third-order valence-electron chi connectivity index (χ3n) is 3.74. The first-order chi connectivity index (χ1) is 9.05. The lowest BCUT2D eigenvalue weighted by Crippen LogP contribution is -2.37. The predicted molar refractivity (Wildman–Crippen MR) is 67.8 cm³/mol. The molecule has 1 aliphatic carbocycles. The second-order valence-corrected chi connectivity index (χ2v) is 5.00. The molecule has 3 N–H and O–H groups in total. The fraction of sp³-hybridized carbons (Fsp3) is 0.615. The number of aromatic nitrogens is 1. The molecule has 1 saturated carbocycles. The molecule has 0 aromatic carbocycles. The summed E-state index contributed by atoms with van der Waals surface area (Å²) in [5.74, 6) is 3.80. The van der Waals surface area contributed by atoms with Gasteiger partial charge < -0.3 is 4.74 Å². The lowest BCUT2D eigenvalue weighted by molar-refractivity contribution is -0.0498. The molecule has 0 radical (unpaired) electrons. The predicted octanol–water partition coefficient (Wildman–Crippen LogP) is 2.42. The Balaban J connectivity index is 2.11. The molecule has 1 aromatic rings. The average molecular weight is 271 g/mol. The van der Waals surface area contributed by atoms with Crippen LogP contribution in [0.5, 0.6) is 5.75 Å². The van der Waals surface area contributed by atoms with Crippen molar-refractivity contribution in [3.8, 4) is 5.75 Å². The standard InChI is InChI=1S/C13H19F2N3O/c1-19-11-6-10(7-17-8-11)12(18-16)9-2-4-13(14,15)5-3-9/h6-9,12,18H,2-5,16H2,1H3. The maximum Gasteiger partial charge on any atom is 0.248 e. The SMILES string of the molecule is COc1cncc(C(NN)C2CCC(F)(F)CC2)c1. The van der Waals surface area contributed by atoms with Crippen LogP contribution >= 0.6 is 0 Å². The fourth-order valence-electron chi connectivity index (χ4n) is 2.62. The van der Waals surface area contributed by atoms with Gasteiger partial charge in [-0.25, -0.2) is 8.78 Å². The molecule has 0 saturated heterocycles.